The second kappa shape index (κ2) is 7.32. The van der Waals surface area contributed by atoms with Gasteiger partial charge in [0.25, 0.3) is 0 Å². The third-order valence-corrected chi connectivity index (χ3v) is 5.38. The van der Waals surface area contributed by atoms with Gasteiger partial charge in [0.1, 0.15) is 0 Å². The number of esters is 1. The van der Waals surface area contributed by atoms with E-state index < -0.39 is 0 Å². The number of methoxy groups -OCH3 is 1. The summed E-state index contributed by atoms with van der Waals surface area (Å²) < 4.78 is 5.17. The van der Waals surface area contributed by atoms with Crippen molar-refractivity contribution in [3.05, 3.63) is 35.4 Å². The Balaban J connectivity index is 2.03. The third-order valence-electron chi connectivity index (χ3n) is 4.01. The summed E-state index contributed by atoms with van der Waals surface area (Å²) >= 11 is 2.06. The van der Waals surface area contributed by atoms with Crippen molar-refractivity contribution < 1.29 is 9.53 Å². The zero-order valence-electron chi connectivity index (χ0n) is 13.2. The lowest BCUT2D eigenvalue weighted by atomic mass is 10.0. The molecular weight excluding hydrogens is 282 g/mol. The van der Waals surface area contributed by atoms with E-state index >= 15 is 0 Å². The molecule has 1 heterocycles. The van der Waals surface area contributed by atoms with E-state index in [0.717, 1.165) is 25.2 Å². The Morgan fingerprint density at radius 2 is 2.00 bits per heavy atom. The van der Waals surface area contributed by atoms with Gasteiger partial charge in [-0.1, -0.05) is 38.1 Å². The number of carbonyl (C=O) groups excluding carboxylic acids is 1. The number of hydrogen-bond donors (Lipinski definition) is 0. The molecule has 1 aliphatic rings. The summed E-state index contributed by atoms with van der Waals surface area (Å²) in [5.41, 5.74) is 2.33. The van der Waals surface area contributed by atoms with E-state index in [9.17, 15) is 4.79 Å². The molecular formula is C17H25NO2S. The molecule has 1 aliphatic heterocycles. The van der Waals surface area contributed by atoms with Crippen LogP contribution < -0.4 is 0 Å². The first kappa shape index (κ1) is 16.4. The van der Waals surface area contributed by atoms with Gasteiger partial charge in [-0.25, -0.2) is 0 Å². The zero-order chi connectivity index (χ0) is 15.3. The molecule has 116 valence electrons. The number of benzene rings is 1. The molecule has 0 aromatic heterocycles. The predicted octanol–water partition coefficient (Wildman–Crippen LogP) is 3.12. The first-order chi connectivity index (χ1) is 10.00. The number of nitrogens with zero attached hydrogens (tertiary/aromatic N) is 1. The Labute approximate surface area is 132 Å². The Hall–Kier alpha value is -1.00. The second-order valence-electron chi connectivity index (χ2n) is 6.16. The highest BCUT2D eigenvalue weighted by molar-refractivity contribution is 8.00. The van der Waals surface area contributed by atoms with Crippen LogP contribution in [0.3, 0.4) is 0 Å². The number of rotatable bonds is 4. The quantitative estimate of drug-likeness (QED) is 0.799. The molecule has 2 rings (SSSR count). The molecule has 4 heteroatoms. The van der Waals surface area contributed by atoms with Crippen molar-refractivity contribution in [1.82, 2.24) is 4.90 Å². The van der Waals surface area contributed by atoms with Crippen molar-refractivity contribution >= 4 is 17.7 Å². The normalized spacial score (nSPS) is 19.0. The van der Waals surface area contributed by atoms with E-state index in [0.29, 0.717) is 11.2 Å². The van der Waals surface area contributed by atoms with E-state index in [1.165, 1.54) is 24.8 Å². The van der Waals surface area contributed by atoms with Crippen molar-refractivity contribution in [1.29, 1.82) is 0 Å². The lowest BCUT2D eigenvalue weighted by Gasteiger charge is -2.23. The predicted molar refractivity (Wildman–Crippen MR) is 88.6 cm³/mol. The van der Waals surface area contributed by atoms with E-state index in [4.69, 9.17) is 4.74 Å². The summed E-state index contributed by atoms with van der Waals surface area (Å²) in [6.45, 7) is 7.80. The Morgan fingerprint density at radius 3 is 2.71 bits per heavy atom. The average Bonchev–Trinajstić information content (AvgIpc) is 2.62. The molecule has 0 bridgehead atoms. The van der Waals surface area contributed by atoms with E-state index in [2.05, 4.69) is 36.6 Å². The highest BCUT2D eigenvalue weighted by Gasteiger charge is 2.24. The fourth-order valence-corrected chi connectivity index (χ4v) is 3.71. The SMILES string of the molecule is COC(=O)Cc1ccccc1CN1CCSC(C)(C)CC1. The molecule has 0 saturated carbocycles. The molecule has 1 saturated heterocycles. The lowest BCUT2D eigenvalue weighted by molar-refractivity contribution is -0.139. The smallest absolute Gasteiger partial charge is 0.309 e. The monoisotopic (exact) mass is 307 g/mol. The van der Waals surface area contributed by atoms with Gasteiger partial charge in [-0.05, 0) is 24.1 Å². The third kappa shape index (κ3) is 5.04. The lowest BCUT2D eigenvalue weighted by Crippen LogP contribution is -2.27. The van der Waals surface area contributed by atoms with Crippen molar-refractivity contribution in [3.63, 3.8) is 0 Å². The largest absolute Gasteiger partial charge is 0.469 e. The van der Waals surface area contributed by atoms with Crippen LogP contribution in [0.4, 0.5) is 0 Å². The Morgan fingerprint density at radius 1 is 1.29 bits per heavy atom. The van der Waals surface area contributed by atoms with Gasteiger partial charge >= 0.3 is 5.97 Å². The fourth-order valence-electron chi connectivity index (χ4n) is 2.57. The number of hydrogen-bond acceptors (Lipinski definition) is 4. The molecule has 0 N–H and O–H groups in total. The summed E-state index contributed by atoms with van der Waals surface area (Å²) in [4.78, 5) is 14.0. The van der Waals surface area contributed by atoms with Crippen LogP contribution in [0.25, 0.3) is 0 Å². The molecule has 21 heavy (non-hydrogen) atoms. The van der Waals surface area contributed by atoms with Crippen molar-refractivity contribution in [2.75, 3.05) is 26.0 Å². The molecule has 0 radical (unpaired) electrons. The minimum atomic E-state index is -0.171. The van der Waals surface area contributed by atoms with Gasteiger partial charge in [0.2, 0.25) is 0 Å². The van der Waals surface area contributed by atoms with Gasteiger partial charge in [0.15, 0.2) is 0 Å². The molecule has 1 aromatic rings. The van der Waals surface area contributed by atoms with Gasteiger partial charge in [-0.15, -0.1) is 0 Å². The van der Waals surface area contributed by atoms with Gasteiger partial charge in [-0.3, -0.25) is 9.69 Å². The van der Waals surface area contributed by atoms with Crippen LogP contribution in [0.1, 0.15) is 31.4 Å². The highest BCUT2D eigenvalue weighted by Crippen LogP contribution is 2.31. The van der Waals surface area contributed by atoms with Crippen LogP contribution in [0.5, 0.6) is 0 Å². The Bertz CT molecular complexity index is 487. The van der Waals surface area contributed by atoms with Gasteiger partial charge in [0.05, 0.1) is 13.5 Å². The minimum absolute atomic E-state index is 0.171. The van der Waals surface area contributed by atoms with Crippen molar-refractivity contribution in [3.8, 4) is 0 Å². The molecule has 0 atom stereocenters. The summed E-state index contributed by atoms with van der Waals surface area (Å²) in [6, 6.07) is 8.19. The summed E-state index contributed by atoms with van der Waals surface area (Å²) in [5, 5.41) is 0. The molecule has 0 amide bonds. The maximum atomic E-state index is 11.5. The zero-order valence-corrected chi connectivity index (χ0v) is 14.0. The van der Waals surface area contributed by atoms with Crippen LogP contribution >= 0.6 is 11.8 Å². The minimum Gasteiger partial charge on any atom is -0.469 e. The maximum absolute atomic E-state index is 11.5. The highest BCUT2D eigenvalue weighted by atomic mass is 32.2. The van der Waals surface area contributed by atoms with Crippen molar-refractivity contribution in [2.45, 2.75) is 38.0 Å². The van der Waals surface area contributed by atoms with Crippen LogP contribution in [-0.2, 0) is 22.5 Å². The van der Waals surface area contributed by atoms with Crippen molar-refractivity contribution in [2.24, 2.45) is 0 Å². The van der Waals surface area contributed by atoms with E-state index in [1.54, 1.807) is 0 Å². The molecule has 0 spiro atoms. The van der Waals surface area contributed by atoms with Gasteiger partial charge in [0, 0.05) is 23.6 Å². The van der Waals surface area contributed by atoms with Gasteiger partial charge in [-0.2, -0.15) is 11.8 Å². The maximum Gasteiger partial charge on any atom is 0.309 e. The van der Waals surface area contributed by atoms with E-state index in [-0.39, 0.29) is 5.97 Å². The molecule has 0 unspecified atom stereocenters. The average molecular weight is 307 g/mol. The van der Waals surface area contributed by atoms with Crippen LogP contribution in [0, 0.1) is 0 Å². The topological polar surface area (TPSA) is 29.5 Å². The van der Waals surface area contributed by atoms with Crippen LogP contribution in [0.15, 0.2) is 24.3 Å². The van der Waals surface area contributed by atoms with E-state index in [1.807, 2.05) is 18.2 Å². The first-order valence-electron chi connectivity index (χ1n) is 7.50. The van der Waals surface area contributed by atoms with Crippen LogP contribution in [-0.4, -0.2) is 41.6 Å². The first-order valence-corrected chi connectivity index (χ1v) is 8.49. The summed E-state index contributed by atoms with van der Waals surface area (Å²) in [5.74, 6) is 1.00. The molecule has 0 aliphatic carbocycles. The molecule has 3 nitrogen and oxygen atoms in total. The van der Waals surface area contributed by atoms with Crippen LogP contribution in [0.2, 0.25) is 0 Å². The second-order valence-corrected chi connectivity index (χ2v) is 7.96. The van der Waals surface area contributed by atoms with Gasteiger partial charge < -0.3 is 4.74 Å². The molecule has 1 fully saturated rings. The summed E-state index contributed by atoms with van der Waals surface area (Å²) in [6.07, 6.45) is 1.57. The molecule has 1 aromatic carbocycles. The standard InChI is InChI=1S/C17H25NO2S/c1-17(2)8-9-18(10-11-21-17)13-15-7-5-4-6-14(15)12-16(19)20-3/h4-7H,8-13H2,1-3H3. The number of carbonyl (C=O) groups is 1. The fraction of sp³-hybridized carbons (Fsp3) is 0.588. The Kier molecular flexibility index (Phi) is 5.71. The summed E-state index contributed by atoms with van der Waals surface area (Å²) in [7, 11) is 1.44. The number of ether oxygens (including phenoxy) is 1. The number of thioether (sulfide) groups is 1.